The van der Waals surface area contributed by atoms with Crippen LogP contribution in [-0.4, -0.2) is 55.0 Å². The molecule has 9 nitrogen and oxygen atoms in total. The first-order chi connectivity index (χ1) is 21.7. The summed E-state index contributed by atoms with van der Waals surface area (Å²) in [5.41, 5.74) is -0.187. The van der Waals surface area contributed by atoms with Gasteiger partial charge in [-0.25, -0.2) is 8.78 Å². The molecule has 2 N–H and O–H groups in total. The molecule has 1 saturated carbocycles. The summed E-state index contributed by atoms with van der Waals surface area (Å²) in [6.07, 6.45) is 1.89. The highest BCUT2D eigenvalue weighted by molar-refractivity contribution is 6.17. The molecule has 1 fully saturated rings. The monoisotopic (exact) mass is 618 g/mol. The van der Waals surface area contributed by atoms with E-state index in [0.29, 0.717) is 46.9 Å². The van der Waals surface area contributed by atoms with Gasteiger partial charge >= 0.3 is 0 Å². The number of methoxy groups -OCH3 is 1. The number of carbonyl (C=O) groups excluding carboxylic acids is 2. The molecule has 11 heteroatoms. The number of hydrogen-bond donors (Lipinski definition) is 2. The van der Waals surface area contributed by atoms with Crippen LogP contribution < -0.4 is 24.8 Å². The van der Waals surface area contributed by atoms with E-state index in [-0.39, 0.29) is 17.4 Å². The molecule has 5 rings (SSSR count). The maximum atomic E-state index is 15.3. The molecule has 0 spiro atoms. The number of fused-ring (bicyclic) bond motifs is 1. The van der Waals surface area contributed by atoms with Crippen LogP contribution in [0.15, 0.2) is 66.9 Å². The van der Waals surface area contributed by atoms with Crippen molar-refractivity contribution in [2.45, 2.75) is 27.2 Å². The van der Waals surface area contributed by atoms with Crippen molar-refractivity contribution >= 4 is 34.1 Å². The summed E-state index contributed by atoms with van der Waals surface area (Å²) in [4.78, 5) is 32.9. The molecule has 1 aliphatic rings. The van der Waals surface area contributed by atoms with Gasteiger partial charge in [0, 0.05) is 41.6 Å². The van der Waals surface area contributed by atoms with Gasteiger partial charge in [-0.3, -0.25) is 14.6 Å². The van der Waals surface area contributed by atoms with Gasteiger partial charge in [0.25, 0.3) is 0 Å². The molecule has 1 aromatic heterocycles. The maximum Gasteiger partial charge on any atom is 0.240 e. The summed E-state index contributed by atoms with van der Waals surface area (Å²) in [5.74, 6) is -1.11. The molecule has 0 radical (unpaired) electrons. The zero-order chi connectivity index (χ0) is 32.1. The van der Waals surface area contributed by atoms with Gasteiger partial charge in [-0.15, -0.1) is 0 Å². The number of nitrogens with one attached hydrogen (secondary N) is 2. The molecular weight excluding hydrogens is 582 g/mol. The first-order valence-electron chi connectivity index (χ1n) is 14.9. The lowest BCUT2D eigenvalue weighted by atomic mass is 10.0. The standard InChI is InChI=1S/C34H36F2N4O5/c1-5-40(6-2)15-16-44-31-19-27-25(18-30(31)43-4)28(13-14-37-27)45-29-12-11-24(17-26(29)36)39-33(42)34(20-21(34)3)32(41)38-23-9-7-22(35)8-10-23/h7-14,17-19,21H,5-6,15-16,20H2,1-4H3,(H,38,41)(H,39,42)/t21-,34-/m1/s1. The van der Waals surface area contributed by atoms with E-state index in [1.54, 1.807) is 38.4 Å². The van der Waals surface area contributed by atoms with Crippen molar-refractivity contribution in [3.05, 3.63) is 78.5 Å². The number of carbonyl (C=O) groups is 2. The van der Waals surface area contributed by atoms with E-state index in [1.807, 2.05) is 0 Å². The zero-order valence-electron chi connectivity index (χ0n) is 25.7. The highest BCUT2D eigenvalue weighted by Gasteiger charge is 2.63. The fourth-order valence-corrected chi connectivity index (χ4v) is 5.27. The predicted octanol–water partition coefficient (Wildman–Crippen LogP) is 6.64. The van der Waals surface area contributed by atoms with Crippen LogP contribution >= 0.6 is 0 Å². The van der Waals surface area contributed by atoms with E-state index in [4.69, 9.17) is 14.2 Å². The Morgan fingerprint density at radius 1 is 0.911 bits per heavy atom. The number of nitrogens with zero attached hydrogens (tertiary/aromatic N) is 2. The van der Waals surface area contributed by atoms with Crippen LogP contribution in [0, 0.1) is 23.0 Å². The van der Waals surface area contributed by atoms with E-state index in [1.165, 1.54) is 36.4 Å². The van der Waals surface area contributed by atoms with Crippen molar-refractivity contribution < 1.29 is 32.6 Å². The van der Waals surface area contributed by atoms with Gasteiger partial charge in [-0.1, -0.05) is 20.8 Å². The Morgan fingerprint density at radius 2 is 1.58 bits per heavy atom. The summed E-state index contributed by atoms with van der Waals surface area (Å²) in [6, 6.07) is 14.4. The second kappa shape index (κ2) is 13.5. The smallest absolute Gasteiger partial charge is 0.240 e. The van der Waals surface area contributed by atoms with Gasteiger partial charge in [-0.05, 0) is 74.0 Å². The largest absolute Gasteiger partial charge is 0.493 e. The van der Waals surface area contributed by atoms with E-state index in [0.717, 1.165) is 25.7 Å². The lowest BCUT2D eigenvalue weighted by Crippen LogP contribution is -2.37. The van der Waals surface area contributed by atoms with Crippen molar-refractivity contribution in [3.8, 4) is 23.0 Å². The first kappa shape index (κ1) is 31.6. The van der Waals surface area contributed by atoms with Crippen LogP contribution in [0.5, 0.6) is 23.0 Å². The maximum absolute atomic E-state index is 15.3. The van der Waals surface area contributed by atoms with Crippen LogP contribution in [0.1, 0.15) is 27.2 Å². The molecule has 1 aliphatic carbocycles. The number of amides is 2. The minimum absolute atomic E-state index is 0.0671. The Hall–Kier alpha value is -4.77. The molecule has 45 heavy (non-hydrogen) atoms. The van der Waals surface area contributed by atoms with E-state index < -0.39 is 28.9 Å². The number of rotatable bonds is 13. The Bertz CT molecular complexity index is 1700. The highest BCUT2D eigenvalue weighted by atomic mass is 19.1. The zero-order valence-corrected chi connectivity index (χ0v) is 25.7. The number of anilines is 2. The fraction of sp³-hybridized carbons (Fsp3) is 0.324. The third-order valence-electron chi connectivity index (χ3n) is 8.18. The molecule has 2 amide bonds. The lowest BCUT2D eigenvalue weighted by molar-refractivity contribution is -0.131. The Balaban J connectivity index is 1.29. The number of benzene rings is 3. The molecule has 1 heterocycles. The van der Waals surface area contributed by atoms with Crippen LogP contribution in [0.2, 0.25) is 0 Å². The average Bonchev–Trinajstić information content (AvgIpc) is 3.73. The fourth-order valence-electron chi connectivity index (χ4n) is 5.27. The van der Waals surface area contributed by atoms with Crippen LogP contribution in [0.3, 0.4) is 0 Å². The van der Waals surface area contributed by atoms with Crippen LogP contribution in [-0.2, 0) is 9.59 Å². The second-order valence-electron chi connectivity index (χ2n) is 10.9. The SMILES string of the molecule is CCN(CC)CCOc1cc2nccc(Oc3ccc(NC(=O)[C@]4(C(=O)Nc5ccc(F)cc5)C[C@H]4C)cc3F)c2cc1OC. The van der Waals surface area contributed by atoms with Crippen molar-refractivity contribution in [1.29, 1.82) is 0 Å². The summed E-state index contributed by atoms with van der Waals surface area (Å²) in [7, 11) is 1.54. The van der Waals surface area contributed by atoms with Gasteiger partial charge in [0.2, 0.25) is 11.8 Å². The predicted molar refractivity (Wildman–Crippen MR) is 168 cm³/mol. The van der Waals surface area contributed by atoms with Crippen molar-refractivity contribution in [1.82, 2.24) is 9.88 Å². The number of ether oxygens (including phenoxy) is 3. The Kier molecular flexibility index (Phi) is 9.48. The quantitative estimate of drug-likeness (QED) is 0.162. The lowest BCUT2D eigenvalue weighted by Gasteiger charge is -2.19. The van der Waals surface area contributed by atoms with Crippen LogP contribution in [0.4, 0.5) is 20.2 Å². The molecule has 0 saturated heterocycles. The van der Waals surface area contributed by atoms with Gasteiger partial charge < -0.3 is 29.7 Å². The second-order valence-corrected chi connectivity index (χ2v) is 10.9. The van der Waals surface area contributed by atoms with Crippen molar-refractivity contribution in [2.24, 2.45) is 11.3 Å². The molecule has 4 aromatic rings. The van der Waals surface area contributed by atoms with Crippen LogP contribution in [0.25, 0.3) is 10.9 Å². The molecule has 236 valence electrons. The van der Waals surface area contributed by atoms with E-state index >= 15 is 4.39 Å². The molecule has 2 atom stereocenters. The van der Waals surface area contributed by atoms with Gasteiger partial charge in [0.1, 0.15) is 23.6 Å². The Morgan fingerprint density at radius 3 is 2.20 bits per heavy atom. The van der Waals surface area contributed by atoms with E-state index in [2.05, 4.69) is 34.4 Å². The summed E-state index contributed by atoms with van der Waals surface area (Å²) < 4.78 is 46.0. The normalized spacial score (nSPS) is 17.2. The average molecular weight is 619 g/mol. The van der Waals surface area contributed by atoms with Gasteiger partial charge in [0.15, 0.2) is 23.1 Å². The third kappa shape index (κ3) is 6.83. The van der Waals surface area contributed by atoms with Gasteiger partial charge in [0.05, 0.1) is 12.6 Å². The topological polar surface area (TPSA) is 102 Å². The first-order valence-corrected chi connectivity index (χ1v) is 14.9. The minimum Gasteiger partial charge on any atom is -0.493 e. The Labute approximate surface area is 260 Å². The minimum atomic E-state index is -1.32. The number of halogens is 2. The van der Waals surface area contributed by atoms with Gasteiger partial charge in [-0.2, -0.15) is 0 Å². The summed E-state index contributed by atoms with van der Waals surface area (Å²) in [6.45, 7) is 9.09. The molecular formula is C34H36F2N4O5. The molecule has 3 aromatic carbocycles. The molecule has 0 aliphatic heterocycles. The molecule has 0 unspecified atom stereocenters. The summed E-state index contributed by atoms with van der Waals surface area (Å²) in [5, 5.41) is 5.94. The number of aromatic nitrogens is 1. The third-order valence-corrected chi connectivity index (χ3v) is 8.18. The van der Waals surface area contributed by atoms with Crippen molar-refractivity contribution in [2.75, 3.05) is 44.0 Å². The molecule has 0 bridgehead atoms. The number of hydrogen-bond acceptors (Lipinski definition) is 7. The number of likely N-dealkylation sites (N-methyl/N-ethyl adjacent to an activating group) is 1. The summed E-state index contributed by atoms with van der Waals surface area (Å²) >= 11 is 0. The van der Waals surface area contributed by atoms with E-state index in [9.17, 15) is 14.0 Å². The number of pyridine rings is 1. The van der Waals surface area contributed by atoms with Crippen molar-refractivity contribution in [3.63, 3.8) is 0 Å². The highest BCUT2D eigenvalue weighted by Crippen LogP contribution is 2.53.